The second-order valence-electron chi connectivity index (χ2n) is 4.58. The maximum atomic E-state index is 12.1. The molecule has 2 atom stereocenters. The Morgan fingerprint density at radius 1 is 1.33 bits per heavy atom. The van der Waals surface area contributed by atoms with Crippen molar-refractivity contribution in [3.05, 3.63) is 0 Å². The van der Waals surface area contributed by atoms with Crippen LogP contribution in [0, 0.1) is 0 Å². The SMILES string of the molecule is CCCC(CS(=O)C1CCCCC1)NC. The first-order chi connectivity index (χ1) is 7.27. The fraction of sp³-hybridized carbons (Fsp3) is 1.00. The molecule has 0 saturated heterocycles. The zero-order chi connectivity index (χ0) is 11.1. The molecule has 1 rings (SSSR count). The van der Waals surface area contributed by atoms with E-state index in [1.165, 1.54) is 38.5 Å². The lowest BCUT2D eigenvalue weighted by Crippen LogP contribution is -2.34. The molecule has 2 nitrogen and oxygen atoms in total. The number of rotatable bonds is 6. The van der Waals surface area contributed by atoms with Crippen molar-refractivity contribution in [3.8, 4) is 0 Å². The molecule has 1 N–H and O–H groups in total. The summed E-state index contributed by atoms with van der Waals surface area (Å²) in [5.41, 5.74) is 0. The lowest BCUT2D eigenvalue weighted by Gasteiger charge is -2.23. The largest absolute Gasteiger partial charge is 0.316 e. The van der Waals surface area contributed by atoms with Gasteiger partial charge in [-0.2, -0.15) is 0 Å². The molecule has 0 aliphatic heterocycles. The zero-order valence-electron chi connectivity index (χ0n) is 10.1. The lowest BCUT2D eigenvalue weighted by atomic mass is 10.0. The highest BCUT2D eigenvalue weighted by Crippen LogP contribution is 2.22. The van der Waals surface area contributed by atoms with E-state index >= 15 is 0 Å². The van der Waals surface area contributed by atoms with E-state index < -0.39 is 10.8 Å². The van der Waals surface area contributed by atoms with Crippen molar-refractivity contribution in [2.24, 2.45) is 0 Å². The molecule has 2 unspecified atom stereocenters. The van der Waals surface area contributed by atoms with E-state index in [0.717, 1.165) is 12.2 Å². The molecule has 0 radical (unpaired) electrons. The van der Waals surface area contributed by atoms with Crippen molar-refractivity contribution in [1.29, 1.82) is 0 Å². The van der Waals surface area contributed by atoms with Crippen LogP contribution in [0.5, 0.6) is 0 Å². The van der Waals surface area contributed by atoms with E-state index in [9.17, 15) is 4.21 Å². The van der Waals surface area contributed by atoms with Gasteiger partial charge in [0.1, 0.15) is 0 Å². The van der Waals surface area contributed by atoms with Crippen LogP contribution < -0.4 is 5.32 Å². The van der Waals surface area contributed by atoms with Crippen LogP contribution in [0.3, 0.4) is 0 Å². The molecule has 0 heterocycles. The van der Waals surface area contributed by atoms with Crippen molar-refractivity contribution >= 4 is 10.8 Å². The topological polar surface area (TPSA) is 29.1 Å². The Morgan fingerprint density at radius 2 is 2.00 bits per heavy atom. The summed E-state index contributed by atoms with van der Waals surface area (Å²) in [6.45, 7) is 2.19. The van der Waals surface area contributed by atoms with Crippen molar-refractivity contribution in [3.63, 3.8) is 0 Å². The van der Waals surface area contributed by atoms with Crippen molar-refractivity contribution in [1.82, 2.24) is 5.32 Å². The van der Waals surface area contributed by atoms with Gasteiger partial charge in [0, 0.05) is 27.8 Å². The van der Waals surface area contributed by atoms with Crippen molar-refractivity contribution in [2.45, 2.75) is 63.2 Å². The number of hydrogen-bond acceptors (Lipinski definition) is 2. The molecule has 1 aliphatic carbocycles. The third-order valence-corrected chi connectivity index (χ3v) is 5.28. The van der Waals surface area contributed by atoms with Gasteiger partial charge in [-0.05, 0) is 26.3 Å². The first kappa shape index (κ1) is 13.2. The number of hydrogen-bond donors (Lipinski definition) is 1. The average molecular weight is 231 g/mol. The van der Waals surface area contributed by atoms with Crippen LogP contribution in [0.4, 0.5) is 0 Å². The van der Waals surface area contributed by atoms with Gasteiger partial charge in [-0.15, -0.1) is 0 Å². The number of nitrogens with one attached hydrogen (secondary N) is 1. The van der Waals surface area contributed by atoms with Gasteiger partial charge in [-0.25, -0.2) is 0 Å². The van der Waals surface area contributed by atoms with Crippen LogP contribution in [0.2, 0.25) is 0 Å². The average Bonchev–Trinajstić information content (AvgIpc) is 2.29. The predicted molar refractivity (Wildman–Crippen MR) is 67.6 cm³/mol. The molecule has 90 valence electrons. The van der Waals surface area contributed by atoms with Crippen molar-refractivity contribution in [2.75, 3.05) is 12.8 Å². The minimum Gasteiger partial charge on any atom is -0.316 e. The fourth-order valence-corrected chi connectivity index (χ4v) is 4.18. The molecule has 0 amide bonds. The molecular formula is C12H25NOS. The predicted octanol–water partition coefficient (Wildman–Crippen LogP) is 2.46. The third kappa shape index (κ3) is 4.64. The van der Waals surface area contributed by atoms with Crippen LogP contribution in [-0.4, -0.2) is 28.3 Å². The summed E-state index contributed by atoms with van der Waals surface area (Å²) < 4.78 is 12.1. The molecular weight excluding hydrogens is 206 g/mol. The second kappa shape index (κ2) is 7.39. The normalized spacial score (nSPS) is 22.5. The maximum absolute atomic E-state index is 12.1. The Morgan fingerprint density at radius 3 is 2.53 bits per heavy atom. The van der Waals surface area contributed by atoms with Crippen LogP contribution in [0.25, 0.3) is 0 Å². The van der Waals surface area contributed by atoms with Crippen LogP contribution in [0.1, 0.15) is 51.9 Å². The Balaban J connectivity index is 2.31. The van der Waals surface area contributed by atoms with Gasteiger partial charge in [0.2, 0.25) is 0 Å². The molecule has 1 fully saturated rings. The monoisotopic (exact) mass is 231 g/mol. The Hall–Kier alpha value is 0.110. The summed E-state index contributed by atoms with van der Waals surface area (Å²) in [6, 6.07) is 0.456. The van der Waals surface area contributed by atoms with Gasteiger partial charge < -0.3 is 5.32 Å². The van der Waals surface area contributed by atoms with Gasteiger partial charge in [-0.1, -0.05) is 32.6 Å². The highest BCUT2D eigenvalue weighted by atomic mass is 32.2. The van der Waals surface area contributed by atoms with E-state index in [4.69, 9.17) is 0 Å². The first-order valence-corrected chi connectivity index (χ1v) is 7.70. The summed E-state index contributed by atoms with van der Waals surface area (Å²) >= 11 is 0. The third-order valence-electron chi connectivity index (χ3n) is 3.33. The summed E-state index contributed by atoms with van der Waals surface area (Å²) in [6.07, 6.45) is 8.62. The Kier molecular flexibility index (Phi) is 6.50. The van der Waals surface area contributed by atoms with Crippen LogP contribution in [-0.2, 0) is 10.8 Å². The molecule has 3 heteroatoms. The molecule has 1 saturated carbocycles. The van der Waals surface area contributed by atoms with E-state index in [0.29, 0.717) is 11.3 Å². The fourth-order valence-electron chi connectivity index (χ4n) is 2.32. The molecule has 0 bridgehead atoms. The summed E-state index contributed by atoms with van der Waals surface area (Å²) in [4.78, 5) is 0. The summed E-state index contributed by atoms with van der Waals surface area (Å²) in [5.74, 6) is 0.856. The zero-order valence-corrected chi connectivity index (χ0v) is 10.9. The Labute approximate surface area is 96.7 Å². The quantitative estimate of drug-likeness (QED) is 0.761. The van der Waals surface area contributed by atoms with E-state index in [-0.39, 0.29) is 0 Å². The van der Waals surface area contributed by atoms with Gasteiger partial charge in [0.05, 0.1) is 0 Å². The molecule has 0 spiro atoms. The molecule has 0 aromatic carbocycles. The Bertz CT molecular complexity index is 190. The lowest BCUT2D eigenvalue weighted by molar-refractivity contribution is 0.498. The molecule has 0 aromatic heterocycles. The van der Waals surface area contributed by atoms with E-state index in [1.54, 1.807) is 0 Å². The van der Waals surface area contributed by atoms with Crippen LogP contribution >= 0.6 is 0 Å². The van der Waals surface area contributed by atoms with Crippen LogP contribution in [0.15, 0.2) is 0 Å². The molecule has 0 aromatic rings. The van der Waals surface area contributed by atoms with Gasteiger partial charge >= 0.3 is 0 Å². The van der Waals surface area contributed by atoms with E-state index in [2.05, 4.69) is 12.2 Å². The highest BCUT2D eigenvalue weighted by molar-refractivity contribution is 7.85. The minimum absolute atomic E-state index is 0.456. The maximum Gasteiger partial charge on any atom is 0.0391 e. The van der Waals surface area contributed by atoms with Crippen molar-refractivity contribution < 1.29 is 4.21 Å². The smallest absolute Gasteiger partial charge is 0.0391 e. The molecule has 1 aliphatic rings. The second-order valence-corrected chi connectivity index (χ2v) is 6.34. The summed E-state index contributed by atoms with van der Waals surface area (Å²) in [5, 5.41) is 3.77. The first-order valence-electron chi connectivity index (χ1n) is 6.32. The van der Waals surface area contributed by atoms with E-state index in [1.807, 2.05) is 7.05 Å². The summed E-state index contributed by atoms with van der Waals surface area (Å²) in [7, 11) is 1.38. The molecule has 15 heavy (non-hydrogen) atoms. The minimum atomic E-state index is -0.600. The van der Waals surface area contributed by atoms with Gasteiger partial charge in [0.15, 0.2) is 0 Å². The van der Waals surface area contributed by atoms with Gasteiger partial charge in [-0.3, -0.25) is 4.21 Å². The highest BCUT2D eigenvalue weighted by Gasteiger charge is 2.21. The standard InChI is InChI=1S/C12H25NOS/c1-3-7-11(13-2)10-15(14)12-8-5-4-6-9-12/h11-13H,3-10H2,1-2H3. The van der Waals surface area contributed by atoms with Gasteiger partial charge in [0.25, 0.3) is 0 Å².